The van der Waals surface area contributed by atoms with E-state index in [0.29, 0.717) is 24.4 Å². The highest BCUT2D eigenvalue weighted by Gasteiger charge is 2.21. The van der Waals surface area contributed by atoms with Crippen molar-refractivity contribution in [3.8, 4) is 0 Å². The van der Waals surface area contributed by atoms with E-state index in [2.05, 4.69) is 4.72 Å². The molecule has 1 aromatic rings. The van der Waals surface area contributed by atoms with Crippen LogP contribution in [0.1, 0.15) is 25.0 Å². The van der Waals surface area contributed by atoms with Gasteiger partial charge in [0.05, 0.1) is 4.90 Å². The lowest BCUT2D eigenvalue weighted by Gasteiger charge is -2.19. The second kappa shape index (κ2) is 7.17. The first-order chi connectivity index (χ1) is 9.30. The molecule has 0 bridgehead atoms. The SMILES string of the molecule is CCc1ccc(CN)cc1S(=O)(=O)NC(C)CN(C)C. The summed E-state index contributed by atoms with van der Waals surface area (Å²) in [7, 11) is 0.315. The Kier molecular flexibility index (Phi) is 6.13. The first kappa shape index (κ1) is 17.1. The van der Waals surface area contributed by atoms with E-state index in [1.807, 2.05) is 45.0 Å². The molecule has 1 aromatic carbocycles. The third-order valence-corrected chi connectivity index (χ3v) is 4.70. The third-order valence-electron chi connectivity index (χ3n) is 3.03. The van der Waals surface area contributed by atoms with E-state index in [1.165, 1.54) is 0 Å². The van der Waals surface area contributed by atoms with Gasteiger partial charge in [-0.2, -0.15) is 0 Å². The van der Waals surface area contributed by atoms with Crippen LogP contribution in [0.3, 0.4) is 0 Å². The summed E-state index contributed by atoms with van der Waals surface area (Å²) >= 11 is 0. The van der Waals surface area contributed by atoms with Gasteiger partial charge in [-0.25, -0.2) is 13.1 Å². The van der Waals surface area contributed by atoms with Crippen molar-refractivity contribution in [1.82, 2.24) is 9.62 Å². The van der Waals surface area contributed by atoms with Gasteiger partial charge >= 0.3 is 0 Å². The fraction of sp³-hybridized carbons (Fsp3) is 0.571. The molecule has 0 radical (unpaired) electrons. The van der Waals surface area contributed by atoms with Gasteiger partial charge in [-0.3, -0.25) is 0 Å². The Labute approximate surface area is 122 Å². The fourth-order valence-corrected chi connectivity index (χ4v) is 3.78. The average Bonchev–Trinajstić information content (AvgIpc) is 2.36. The molecule has 1 atom stereocenters. The molecule has 0 aliphatic heterocycles. The van der Waals surface area contributed by atoms with Gasteiger partial charge in [0.1, 0.15) is 0 Å². The molecular weight excluding hydrogens is 274 g/mol. The van der Waals surface area contributed by atoms with Crippen molar-refractivity contribution in [2.24, 2.45) is 5.73 Å². The number of hydrogen-bond donors (Lipinski definition) is 2. The van der Waals surface area contributed by atoms with Crippen LogP contribution in [0.25, 0.3) is 0 Å². The zero-order valence-corrected chi connectivity index (χ0v) is 13.5. The van der Waals surface area contributed by atoms with Crippen LogP contribution >= 0.6 is 0 Å². The number of rotatable bonds is 7. The maximum atomic E-state index is 12.5. The minimum atomic E-state index is -3.51. The third kappa shape index (κ3) is 4.56. The number of aryl methyl sites for hydroxylation is 1. The summed E-state index contributed by atoms with van der Waals surface area (Å²) in [4.78, 5) is 2.29. The standard InChI is InChI=1S/C14H25N3O2S/c1-5-13-7-6-12(9-15)8-14(13)20(18,19)16-11(2)10-17(3)4/h6-8,11,16H,5,9-10,15H2,1-4H3. The van der Waals surface area contributed by atoms with Crippen molar-refractivity contribution >= 4 is 10.0 Å². The lowest BCUT2D eigenvalue weighted by atomic mass is 10.1. The molecule has 0 aliphatic rings. The average molecular weight is 299 g/mol. The van der Waals surface area contributed by atoms with E-state index in [9.17, 15) is 8.42 Å². The van der Waals surface area contributed by atoms with Crippen molar-refractivity contribution in [1.29, 1.82) is 0 Å². The molecule has 1 rings (SSSR count). The zero-order valence-electron chi connectivity index (χ0n) is 12.7. The molecule has 0 spiro atoms. The van der Waals surface area contributed by atoms with Crippen molar-refractivity contribution in [2.75, 3.05) is 20.6 Å². The largest absolute Gasteiger partial charge is 0.326 e. The van der Waals surface area contributed by atoms with E-state index in [4.69, 9.17) is 5.73 Å². The Morgan fingerprint density at radius 2 is 2.00 bits per heavy atom. The Morgan fingerprint density at radius 1 is 1.35 bits per heavy atom. The molecule has 6 heteroatoms. The number of hydrogen-bond acceptors (Lipinski definition) is 4. The molecule has 1 unspecified atom stereocenters. The first-order valence-corrected chi connectivity index (χ1v) is 8.27. The van der Waals surface area contributed by atoms with Crippen molar-refractivity contribution in [3.05, 3.63) is 29.3 Å². The van der Waals surface area contributed by atoms with E-state index >= 15 is 0 Å². The first-order valence-electron chi connectivity index (χ1n) is 6.79. The van der Waals surface area contributed by atoms with Gasteiger partial charge in [-0.15, -0.1) is 0 Å². The number of benzene rings is 1. The molecule has 20 heavy (non-hydrogen) atoms. The van der Waals surface area contributed by atoms with Crippen molar-refractivity contribution < 1.29 is 8.42 Å². The predicted octanol–water partition coefficient (Wildman–Crippen LogP) is 0.936. The second-order valence-corrected chi connectivity index (χ2v) is 6.97. The Hall–Kier alpha value is -0.950. The summed E-state index contributed by atoms with van der Waals surface area (Å²) in [5.41, 5.74) is 7.23. The summed E-state index contributed by atoms with van der Waals surface area (Å²) in [6.45, 7) is 4.78. The van der Waals surface area contributed by atoms with Gasteiger partial charge in [0.25, 0.3) is 0 Å². The van der Waals surface area contributed by atoms with Crippen LogP contribution in [0.15, 0.2) is 23.1 Å². The maximum absolute atomic E-state index is 12.5. The molecule has 0 heterocycles. The maximum Gasteiger partial charge on any atom is 0.241 e. The van der Waals surface area contributed by atoms with Crippen LogP contribution in [0.4, 0.5) is 0 Å². The highest BCUT2D eigenvalue weighted by atomic mass is 32.2. The molecule has 114 valence electrons. The van der Waals surface area contributed by atoms with Gasteiger partial charge in [0.15, 0.2) is 0 Å². The topological polar surface area (TPSA) is 75.4 Å². The molecule has 0 aliphatic carbocycles. The minimum Gasteiger partial charge on any atom is -0.326 e. The molecule has 0 aromatic heterocycles. The molecular formula is C14H25N3O2S. The van der Waals surface area contributed by atoms with E-state index in [-0.39, 0.29) is 6.04 Å². The molecule has 0 fully saturated rings. The van der Waals surface area contributed by atoms with Crippen LogP contribution in [-0.4, -0.2) is 40.0 Å². The van der Waals surface area contributed by atoms with Crippen LogP contribution in [0.2, 0.25) is 0 Å². The number of nitrogens with one attached hydrogen (secondary N) is 1. The van der Waals surface area contributed by atoms with E-state index in [1.54, 1.807) is 6.07 Å². The normalized spacial score (nSPS) is 13.7. The summed E-state index contributed by atoms with van der Waals surface area (Å²) in [5.74, 6) is 0. The summed E-state index contributed by atoms with van der Waals surface area (Å²) in [5, 5.41) is 0. The van der Waals surface area contributed by atoms with Crippen molar-refractivity contribution in [2.45, 2.75) is 37.8 Å². The Balaban J connectivity index is 3.07. The molecule has 0 saturated heterocycles. The van der Waals surface area contributed by atoms with Crippen LogP contribution in [-0.2, 0) is 23.0 Å². The molecule has 0 amide bonds. The molecule has 5 nitrogen and oxygen atoms in total. The van der Waals surface area contributed by atoms with Gasteiger partial charge in [0.2, 0.25) is 10.0 Å². The number of sulfonamides is 1. The van der Waals surface area contributed by atoms with Gasteiger partial charge in [0, 0.05) is 19.1 Å². The minimum absolute atomic E-state index is 0.152. The van der Waals surface area contributed by atoms with Gasteiger partial charge < -0.3 is 10.6 Å². The Bertz CT molecular complexity index is 541. The lowest BCUT2D eigenvalue weighted by molar-refractivity contribution is 0.370. The number of nitrogens with zero attached hydrogens (tertiary/aromatic N) is 1. The smallest absolute Gasteiger partial charge is 0.241 e. The van der Waals surface area contributed by atoms with Gasteiger partial charge in [-0.05, 0) is 44.6 Å². The lowest BCUT2D eigenvalue weighted by Crippen LogP contribution is -2.39. The van der Waals surface area contributed by atoms with E-state index < -0.39 is 10.0 Å². The van der Waals surface area contributed by atoms with Crippen LogP contribution < -0.4 is 10.5 Å². The number of likely N-dealkylation sites (N-methyl/N-ethyl adjacent to an activating group) is 1. The molecule has 3 N–H and O–H groups in total. The number of nitrogens with two attached hydrogens (primary N) is 1. The Morgan fingerprint density at radius 3 is 2.50 bits per heavy atom. The fourth-order valence-electron chi connectivity index (χ4n) is 2.18. The predicted molar refractivity (Wildman–Crippen MR) is 82.0 cm³/mol. The van der Waals surface area contributed by atoms with Gasteiger partial charge in [-0.1, -0.05) is 19.1 Å². The quantitative estimate of drug-likeness (QED) is 0.785. The highest BCUT2D eigenvalue weighted by Crippen LogP contribution is 2.19. The monoisotopic (exact) mass is 299 g/mol. The summed E-state index contributed by atoms with van der Waals surface area (Å²) < 4.78 is 27.7. The van der Waals surface area contributed by atoms with Crippen LogP contribution in [0.5, 0.6) is 0 Å². The van der Waals surface area contributed by atoms with Crippen molar-refractivity contribution in [3.63, 3.8) is 0 Å². The van der Waals surface area contributed by atoms with Crippen LogP contribution in [0, 0.1) is 0 Å². The summed E-state index contributed by atoms with van der Waals surface area (Å²) in [6.07, 6.45) is 0.670. The summed E-state index contributed by atoms with van der Waals surface area (Å²) in [6, 6.07) is 5.24. The molecule has 0 saturated carbocycles. The second-order valence-electron chi connectivity index (χ2n) is 5.28. The van der Waals surface area contributed by atoms with E-state index in [0.717, 1.165) is 11.1 Å². The zero-order chi connectivity index (χ0) is 15.3. The highest BCUT2D eigenvalue weighted by molar-refractivity contribution is 7.89.